The molecule has 3 rings (SSSR count). The SMILES string of the molecule is C[C@@H]1C[C@H]1C(=O)OCC(=O)N1CCN(c2ncccn2)CC1. The number of amides is 1. The summed E-state index contributed by atoms with van der Waals surface area (Å²) in [5, 5.41) is 0. The van der Waals surface area contributed by atoms with E-state index in [1.54, 1.807) is 23.4 Å². The molecule has 1 aliphatic heterocycles. The Bertz CT molecular complexity index is 543. The quantitative estimate of drug-likeness (QED) is 0.746. The van der Waals surface area contributed by atoms with Crippen LogP contribution in [0.2, 0.25) is 0 Å². The second-order valence-electron chi connectivity index (χ2n) is 5.84. The number of esters is 1. The van der Waals surface area contributed by atoms with Crippen LogP contribution in [0.25, 0.3) is 0 Å². The van der Waals surface area contributed by atoms with Crippen molar-refractivity contribution in [2.45, 2.75) is 13.3 Å². The van der Waals surface area contributed by atoms with Gasteiger partial charge in [-0.05, 0) is 18.4 Å². The molecule has 7 nitrogen and oxygen atoms in total. The summed E-state index contributed by atoms with van der Waals surface area (Å²) >= 11 is 0. The summed E-state index contributed by atoms with van der Waals surface area (Å²) in [6.45, 7) is 4.41. The van der Waals surface area contributed by atoms with Crippen molar-refractivity contribution >= 4 is 17.8 Å². The van der Waals surface area contributed by atoms with Gasteiger partial charge in [0.25, 0.3) is 5.91 Å². The lowest BCUT2D eigenvalue weighted by Crippen LogP contribution is -2.50. The highest BCUT2D eigenvalue weighted by Gasteiger charge is 2.40. The smallest absolute Gasteiger partial charge is 0.309 e. The van der Waals surface area contributed by atoms with E-state index in [0.717, 1.165) is 6.42 Å². The van der Waals surface area contributed by atoms with Crippen LogP contribution in [0.3, 0.4) is 0 Å². The minimum absolute atomic E-state index is 0.000114. The third kappa shape index (κ3) is 3.35. The molecule has 2 atom stereocenters. The minimum Gasteiger partial charge on any atom is -0.455 e. The Morgan fingerprint density at radius 2 is 1.86 bits per heavy atom. The summed E-state index contributed by atoms with van der Waals surface area (Å²) in [4.78, 5) is 35.9. The molecular weight excluding hydrogens is 284 g/mol. The molecule has 7 heteroatoms. The van der Waals surface area contributed by atoms with E-state index < -0.39 is 0 Å². The van der Waals surface area contributed by atoms with Crippen LogP contribution in [0.4, 0.5) is 5.95 Å². The van der Waals surface area contributed by atoms with Crippen molar-refractivity contribution in [1.82, 2.24) is 14.9 Å². The molecule has 2 aliphatic rings. The van der Waals surface area contributed by atoms with Gasteiger partial charge in [-0.25, -0.2) is 9.97 Å². The van der Waals surface area contributed by atoms with Crippen LogP contribution in [0.1, 0.15) is 13.3 Å². The molecule has 0 radical (unpaired) electrons. The Morgan fingerprint density at radius 1 is 1.23 bits per heavy atom. The monoisotopic (exact) mass is 304 g/mol. The molecule has 1 aromatic heterocycles. The average Bonchev–Trinajstić information content (AvgIpc) is 3.30. The molecule has 0 spiro atoms. The fraction of sp³-hybridized carbons (Fsp3) is 0.600. The number of carbonyl (C=O) groups is 2. The first-order chi connectivity index (χ1) is 10.6. The lowest BCUT2D eigenvalue weighted by molar-refractivity contribution is -0.153. The van der Waals surface area contributed by atoms with Gasteiger partial charge in [-0.3, -0.25) is 9.59 Å². The number of hydrogen-bond acceptors (Lipinski definition) is 6. The standard InChI is InChI=1S/C15H20N4O3/c1-11-9-12(11)14(21)22-10-13(20)18-5-7-19(8-6-18)15-16-3-2-4-17-15/h2-4,11-12H,5-10H2,1H3/t11-,12-/m1/s1. The second kappa shape index (κ2) is 6.29. The van der Waals surface area contributed by atoms with E-state index in [1.807, 2.05) is 11.8 Å². The Kier molecular flexibility index (Phi) is 4.22. The van der Waals surface area contributed by atoms with E-state index in [-0.39, 0.29) is 24.4 Å². The summed E-state index contributed by atoms with van der Waals surface area (Å²) in [5.74, 6) is 0.716. The van der Waals surface area contributed by atoms with Crippen molar-refractivity contribution in [2.24, 2.45) is 11.8 Å². The summed E-state index contributed by atoms with van der Waals surface area (Å²) in [5.41, 5.74) is 0. The van der Waals surface area contributed by atoms with E-state index >= 15 is 0 Å². The van der Waals surface area contributed by atoms with Crippen LogP contribution in [0.5, 0.6) is 0 Å². The van der Waals surface area contributed by atoms with Gasteiger partial charge in [-0.2, -0.15) is 0 Å². The van der Waals surface area contributed by atoms with Crippen LogP contribution in [-0.4, -0.2) is 59.5 Å². The molecule has 0 unspecified atom stereocenters. The highest BCUT2D eigenvalue weighted by atomic mass is 16.5. The highest BCUT2D eigenvalue weighted by Crippen LogP contribution is 2.38. The predicted molar refractivity (Wildman–Crippen MR) is 79.1 cm³/mol. The Hall–Kier alpha value is -2.18. The van der Waals surface area contributed by atoms with Gasteiger partial charge in [-0.15, -0.1) is 0 Å². The van der Waals surface area contributed by atoms with Crippen LogP contribution < -0.4 is 4.90 Å². The third-order valence-corrected chi connectivity index (χ3v) is 4.22. The van der Waals surface area contributed by atoms with E-state index in [1.165, 1.54) is 0 Å². The molecule has 1 saturated carbocycles. The molecule has 0 N–H and O–H groups in total. The molecule has 0 aromatic carbocycles. The molecule has 1 amide bonds. The van der Waals surface area contributed by atoms with Gasteiger partial charge in [0.2, 0.25) is 5.95 Å². The van der Waals surface area contributed by atoms with Gasteiger partial charge >= 0.3 is 5.97 Å². The first-order valence-electron chi connectivity index (χ1n) is 7.61. The molecule has 0 bridgehead atoms. The van der Waals surface area contributed by atoms with Crippen molar-refractivity contribution in [3.8, 4) is 0 Å². The fourth-order valence-corrected chi connectivity index (χ4v) is 2.59. The number of ether oxygens (including phenoxy) is 1. The minimum atomic E-state index is -0.239. The van der Waals surface area contributed by atoms with Gasteiger partial charge < -0.3 is 14.5 Å². The summed E-state index contributed by atoms with van der Waals surface area (Å²) < 4.78 is 5.09. The first kappa shape index (κ1) is 14.7. The van der Waals surface area contributed by atoms with Crippen molar-refractivity contribution in [2.75, 3.05) is 37.7 Å². The zero-order valence-corrected chi connectivity index (χ0v) is 12.6. The fourth-order valence-electron chi connectivity index (χ4n) is 2.59. The van der Waals surface area contributed by atoms with E-state index in [9.17, 15) is 9.59 Å². The number of nitrogens with zero attached hydrogens (tertiary/aromatic N) is 4. The van der Waals surface area contributed by atoms with E-state index in [0.29, 0.717) is 38.0 Å². The summed E-state index contributed by atoms with van der Waals surface area (Å²) in [6, 6.07) is 1.78. The van der Waals surface area contributed by atoms with Crippen LogP contribution >= 0.6 is 0 Å². The lowest BCUT2D eigenvalue weighted by atomic mass is 10.3. The maximum Gasteiger partial charge on any atom is 0.309 e. The van der Waals surface area contributed by atoms with Gasteiger partial charge in [0.1, 0.15) is 0 Å². The summed E-state index contributed by atoms with van der Waals surface area (Å²) in [6.07, 6.45) is 4.29. The van der Waals surface area contributed by atoms with Crippen LogP contribution in [-0.2, 0) is 14.3 Å². The maximum atomic E-state index is 12.1. The lowest BCUT2D eigenvalue weighted by Gasteiger charge is -2.34. The Balaban J connectivity index is 1.43. The number of piperazine rings is 1. The number of carbonyl (C=O) groups excluding carboxylic acids is 2. The van der Waals surface area contributed by atoms with E-state index in [2.05, 4.69) is 9.97 Å². The zero-order valence-electron chi connectivity index (χ0n) is 12.6. The number of anilines is 1. The van der Waals surface area contributed by atoms with Crippen LogP contribution in [0, 0.1) is 11.8 Å². The van der Waals surface area contributed by atoms with Crippen molar-refractivity contribution in [3.05, 3.63) is 18.5 Å². The molecule has 2 heterocycles. The second-order valence-corrected chi connectivity index (χ2v) is 5.84. The topological polar surface area (TPSA) is 75.6 Å². The maximum absolute atomic E-state index is 12.1. The molecule has 1 aliphatic carbocycles. The van der Waals surface area contributed by atoms with Gasteiger partial charge in [0, 0.05) is 38.6 Å². The Labute approximate surface area is 129 Å². The molecule has 1 aromatic rings. The summed E-state index contributed by atoms with van der Waals surface area (Å²) in [7, 11) is 0. The Morgan fingerprint density at radius 3 is 2.45 bits per heavy atom. The van der Waals surface area contributed by atoms with Crippen molar-refractivity contribution in [3.63, 3.8) is 0 Å². The van der Waals surface area contributed by atoms with Crippen LogP contribution in [0.15, 0.2) is 18.5 Å². The number of hydrogen-bond donors (Lipinski definition) is 0. The third-order valence-electron chi connectivity index (χ3n) is 4.22. The normalized spacial score (nSPS) is 24.0. The first-order valence-corrected chi connectivity index (χ1v) is 7.61. The van der Waals surface area contributed by atoms with Gasteiger partial charge in [0.15, 0.2) is 6.61 Å². The molecule has 22 heavy (non-hydrogen) atoms. The van der Waals surface area contributed by atoms with Gasteiger partial charge in [-0.1, -0.05) is 6.92 Å². The number of rotatable bonds is 4. The molecule has 1 saturated heterocycles. The number of aromatic nitrogens is 2. The van der Waals surface area contributed by atoms with Crippen molar-refractivity contribution in [1.29, 1.82) is 0 Å². The predicted octanol–water partition coefficient (Wildman–Crippen LogP) is 0.324. The van der Waals surface area contributed by atoms with Gasteiger partial charge in [0.05, 0.1) is 5.92 Å². The zero-order chi connectivity index (χ0) is 15.5. The average molecular weight is 304 g/mol. The molecule has 118 valence electrons. The highest BCUT2D eigenvalue weighted by molar-refractivity contribution is 5.82. The molecular formula is C15H20N4O3. The largest absolute Gasteiger partial charge is 0.455 e. The molecule has 2 fully saturated rings. The van der Waals surface area contributed by atoms with E-state index in [4.69, 9.17) is 4.74 Å². The van der Waals surface area contributed by atoms with Crippen molar-refractivity contribution < 1.29 is 14.3 Å².